The highest BCUT2D eigenvalue weighted by Gasteiger charge is 2.21. The van der Waals surface area contributed by atoms with Gasteiger partial charge in [0.15, 0.2) is 0 Å². The highest BCUT2D eigenvalue weighted by atomic mass is 32.2. The molecule has 0 saturated carbocycles. The molecule has 3 aromatic rings. The van der Waals surface area contributed by atoms with Crippen molar-refractivity contribution in [2.45, 2.75) is 11.3 Å². The molecule has 6 heteroatoms. The summed E-state index contributed by atoms with van der Waals surface area (Å²) in [5, 5.41) is 1.09. The smallest absolute Gasteiger partial charge is 0.255 e. The van der Waals surface area contributed by atoms with E-state index in [1.807, 2.05) is 30.5 Å². The van der Waals surface area contributed by atoms with Crippen LogP contribution in [0, 0.1) is 0 Å². The first-order chi connectivity index (χ1) is 10.6. The normalized spacial score (nSPS) is 12.1. The Morgan fingerprint density at radius 1 is 1.00 bits per heavy atom. The number of sulfonamides is 1. The summed E-state index contributed by atoms with van der Waals surface area (Å²) < 4.78 is 25.6. The van der Waals surface area contributed by atoms with Crippen molar-refractivity contribution in [3.8, 4) is 0 Å². The lowest BCUT2D eigenvalue weighted by Gasteiger charge is -2.16. The van der Waals surface area contributed by atoms with E-state index in [0.29, 0.717) is 6.42 Å². The number of hydrogen-bond acceptors (Lipinski definition) is 3. The number of fused-ring (bicyclic) bond motifs is 1. The van der Waals surface area contributed by atoms with Crippen molar-refractivity contribution in [1.82, 2.24) is 9.40 Å². The maximum atomic E-state index is 12.3. The molecule has 2 aromatic carbocycles. The molecule has 0 fully saturated rings. The van der Waals surface area contributed by atoms with Crippen LogP contribution in [0.4, 0.5) is 0 Å². The molecule has 5 nitrogen and oxygen atoms in total. The standard InChI is InChI=1S/C16H17N3O2S/c17-19(22(20,21)14-6-2-1-3-7-14)11-10-13-12-18-16-9-5-4-8-15(13)16/h1-9,12,18H,10-11,17H2. The molecule has 0 aliphatic rings. The molecular weight excluding hydrogens is 298 g/mol. The molecule has 0 unspecified atom stereocenters. The highest BCUT2D eigenvalue weighted by molar-refractivity contribution is 7.89. The fraction of sp³-hybridized carbons (Fsp3) is 0.125. The number of rotatable bonds is 5. The van der Waals surface area contributed by atoms with Gasteiger partial charge >= 0.3 is 0 Å². The summed E-state index contributed by atoms with van der Waals surface area (Å²) in [6, 6.07) is 16.1. The molecule has 1 heterocycles. The van der Waals surface area contributed by atoms with Gasteiger partial charge in [0.25, 0.3) is 10.0 Å². The highest BCUT2D eigenvalue weighted by Crippen LogP contribution is 2.19. The van der Waals surface area contributed by atoms with Crippen molar-refractivity contribution in [2.24, 2.45) is 5.84 Å². The molecule has 114 valence electrons. The van der Waals surface area contributed by atoms with E-state index >= 15 is 0 Å². The minimum Gasteiger partial charge on any atom is -0.361 e. The van der Waals surface area contributed by atoms with Gasteiger partial charge in [-0.2, -0.15) is 0 Å². The fourth-order valence-corrected chi connectivity index (χ4v) is 3.52. The summed E-state index contributed by atoms with van der Waals surface area (Å²) >= 11 is 0. The van der Waals surface area contributed by atoms with E-state index in [4.69, 9.17) is 5.84 Å². The van der Waals surface area contributed by atoms with Gasteiger partial charge < -0.3 is 4.98 Å². The maximum absolute atomic E-state index is 12.3. The predicted octanol–water partition coefficient (Wildman–Crippen LogP) is 2.28. The lowest BCUT2D eigenvalue weighted by Crippen LogP contribution is -2.38. The van der Waals surface area contributed by atoms with Gasteiger partial charge in [0.2, 0.25) is 0 Å². The van der Waals surface area contributed by atoms with Crippen molar-refractivity contribution < 1.29 is 8.42 Å². The van der Waals surface area contributed by atoms with Crippen LogP contribution in [0.25, 0.3) is 10.9 Å². The largest absolute Gasteiger partial charge is 0.361 e. The lowest BCUT2D eigenvalue weighted by molar-refractivity contribution is 0.430. The van der Waals surface area contributed by atoms with Crippen molar-refractivity contribution in [1.29, 1.82) is 0 Å². The van der Waals surface area contributed by atoms with Gasteiger partial charge in [0, 0.05) is 23.6 Å². The van der Waals surface area contributed by atoms with Crippen LogP contribution in [0.15, 0.2) is 65.7 Å². The van der Waals surface area contributed by atoms with Crippen molar-refractivity contribution in [3.63, 3.8) is 0 Å². The van der Waals surface area contributed by atoms with Crippen LogP contribution in [0.2, 0.25) is 0 Å². The SMILES string of the molecule is NN(CCc1c[nH]c2ccccc12)S(=O)(=O)c1ccccc1. The van der Waals surface area contributed by atoms with Crippen LogP contribution >= 0.6 is 0 Å². The number of nitrogens with two attached hydrogens (primary N) is 1. The Balaban J connectivity index is 1.76. The summed E-state index contributed by atoms with van der Waals surface area (Å²) in [5.74, 6) is 5.78. The number of hydrogen-bond donors (Lipinski definition) is 2. The number of nitrogens with zero attached hydrogens (tertiary/aromatic N) is 1. The Labute approximate surface area is 129 Å². The molecule has 3 N–H and O–H groups in total. The third-order valence-corrected chi connectivity index (χ3v) is 5.29. The Hall–Kier alpha value is -2.15. The number of hydrazine groups is 1. The van der Waals surface area contributed by atoms with Crippen LogP contribution < -0.4 is 5.84 Å². The van der Waals surface area contributed by atoms with Crippen LogP contribution in [-0.4, -0.2) is 24.4 Å². The molecule has 0 bridgehead atoms. The van der Waals surface area contributed by atoms with Crippen LogP contribution in [0.3, 0.4) is 0 Å². The predicted molar refractivity (Wildman–Crippen MR) is 86.5 cm³/mol. The molecule has 0 amide bonds. The van der Waals surface area contributed by atoms with E-state index < -0.39 is 10.0 Å². The minimum absolute atomic E-state index is 0.205. The number of aromatic amines is 1. The molecule has 0 spiro atoms. The Morgan fingerprint density at radius 3 is 2.45 bits per heavy atom. The van der Waals surface area contributed by atoms with E-state index in [1.165, 1.54) is 0 Å². The molecule has 0 saturated heterocycles. The quantitative estimate of drug-likeness (QED) is 0.560. The summed E-state index contributed by atoms with van der Waals surface area (Å²) in [4.78, 5) is 3.38. The molecule has 0 aliphatic carbocycles. The van der Waals surface area contributed by atoms with Crippen LogP contribution in [0.5, 0.6) is 0 Å². The third kappa shape index (κ3) is 2.76. The van der Waals surface area contributed by atoms with E-state index in [-0.39, 0.29) is 11.4 Å². The van der Waals surface area contributed by atoms with Gasteiger partial charge in [0.1, 0.15) is 0 Å². The van der Waals surface area contributed by atoms with Gasteiger partial charge in [-0.25, -0.2) is 8.42 Å². The van der Waals surface area contributed by atoms with E-state index in [2.05, 4.69) is 4.98 Å². The zero-order valence-corrected chi connectivity index (χ0v) is 12.8. The summed E-state index contributed by atoms with van der Waals surface area (Å²) in [5.41, 5.74) is 2.08. The van der Waals surface area contributed by atoms with Crippen molar-refractivity contribution in [2.75, 3.05) is 6.54 Å². The van der Waals surface area contributed by atoms with Crippen LogP contribution in [-0.2, 0) is 16.4 Å². The van der Waals surface area contributed by atoms with Crippen molar-refractivity contribution in [3.05, 3.63) is 66.4 Å². The number of H-pyrrole nitrogens is 1. The minimum atomic E-state index is -3.64. The van der Waals surface area contributed by atoms with E-state index in [9.17, 15) is 8.42 Å². The van der Waals surface area contributed by atoms with E-state index in [0.717, 1.165) is 20.9 Å². The molecule has 0 radical (unpaired) electrons. The second kappa shape index (κ2) is 5.92. The number of benzene rings is 2. The first-order valence-corrected chi connectivity index (χ1v) is 8.40. The number of aromatic nitrogens is 1. The zero-order chi connectivity index (χ0) is 15.6. The molecule has 1 aromatic heterocycles. The molecule has 3 rings (SSSR count). The Morgan fingerprint density at radius 2 is 1.68 bits per heavy atom. The van der Waals surface area contributed by atoms with Gasteiger partial charge in [-0.05, 0) is 30.2 Å². The fourth-order valence-electron chi connectivity index (χ4n) is 2.42. The average Bonchev–Trinajstić information content (AvgIpc) is 2.96. The molecular formula is C16H17N3O2S. The topological polar surface area (TPSA) is 79.2 Å². The summed E-state index contributed by atoms with van der Waals surface area (Å²) in [6.45, 7) is 0.221. The summed E-state index contributed by atoms with van der Waals surface area (Å²) in [6.07, 6.45) is 2.44. The third-order valence-electron chi connectivity index (χ3n) is 3.63. The summed E-state index contributed by atoms with van der Waals surface area (Å²) in [7, 11) is -3.64. The first-order valence-electron chi connectivity index (χ1n) is 6.96. The number of nitrogens with one attached hydrogen (secondary N) is 1. The maximum Gasteiger partial charge on any atom is 0.255 e. The van der Waals surface area contributed by atoms with Crippen molar-refractivity contribution >= 4 is 20.9 Å². The molecule has 0 atom stereocenters. The van der Waals surface area contributed by atoms with Gasteiger partial charge in [0.05, 0.1) is 4.90 Å². The second-order valence-electron chi connectivity index (χ2n) is 5.04. The average molecular weight is 315 g/mol. The Kier molecular flexibility index (Phi) is 3.98. The monoisotopic (exact) mass is 315 g/mol. The number of para-hydroxylation sites is 1. The van der Waals surface area contributed by atoms with E-state index in [1.54, 1.807) is 30.3 Å². The first kappa shape index (κ1) is 14.8. The van der Waals surface area contributed by atoms with Gasteiger partial charge in [-0.15, -0.1) is 4.41 Å². The zero-order valence-electron chi connectivity index (χ0n) is 11.9. The second-order valence-corrected chi connectivity index (χ2v) is 6.93. The lowest BCUT2D eigenvalue weighted by atomic mass is 10.1. The van der Waals surface area contributed by atoms with Gasteiger partial charge in [-0.1, -0.05) is 36.4 Å². The molecule has 0 aliphatic heterocycles. The molecule has 22 heavy (non-hydrogen) atoms. The Bertz CT molecular complexity index is 873. The van der Waals surface area contributed by atoms with Gasteiger partial charge in [-0.3, -0.25) is 5.84 Å². The van der Waals surface area contributed by atoms with Crippen LogP contribution in [0.1, 0.15) is 5.56 Å².